The highest BCUT2D eigenvalue weighted by atomic mass is 35.5. The Morgan fingerprint density at radius 3 is 2.48 bits per heavy atom. The van der Waals surface area contributed by atoms with Crippen LogP contribution < -0.4 is 4.90 Å². The summed E-state index contributed by atoms with van der Waals surface area (Å²) in [6, 6.07) is 8.92. The van der Waals surface area contributed by atoms with Gasteiger partial charge in [-0.15, -0.1) is 11.3 Å². The minimum Gasteiger partial charge on any atom is -0.378 e. The Bertz CT molecular complexity index is 946. The van der Waals surface area contributed by atoms with Gasteiger partial charge in [0.05, 0.1) is 18.6 Å². The maximum atomic E-state index is 6.28. The lowest BCUT2D eigenvalue weighted by atomic mass is 9.97. The molecule has 27 heavy (non-hydrogen) atoms. The second-order valence-corrected chi connectivity index (χ2v) is 8.55. The number of fused-ring (bicyclic) bond motifs is 1. The molecule has 0 spiro atoms. The van der Waals surface area contributed by atoms with Crippen molar-refractivity contribution in [2.24, 2.45) is 0 Å². The Hall–Kier alpha value is -1.69. The van der Waals surface area contributed by atoms with Crippen LogP contribution in [0.1, 0.15) is 37.1 Å². The zero-order chi connectivity index (χ0) is 19.0. The number of aromatic nitrogens is 2. The standard InChI is InChI=1S/C21H24ClN3OS/c1-4-16-17(15-7-5-14(6-8-15)13(2)3)18-19(25-9-11-26-12-10-25)23-21(22)24-20(18)27-16/h5-8,13H,4,9-12H2,1-3H3. The van der Waals surface area contributed by atoms with E-state index in [4.69, 9.17) is 16.3 Å². The second kappa shape index (κ2) is 7.74. The van der Waals surface area contributed by atoms with Gasteiger partial charge in [-0.25, -0.2) is 4.98 Å². The van der Waals surface area contributed by atoms with Gasteiger partial charge in [0.2, 0.25) is 5.28 Å². The molecule has 2 aromatic heterocycles. The highest BCUT2D eigenvalue weighted by Crippen LogP contribution is 2.43. The Labute approximate surface area is 169 Å². The maximum Gasteiger partial charge on any atom is 0.225 e. The Kier molecular flexibility index (Phi) is 5.35. The molecule has 0 atom stereocenters. The number of morpholine rings is 1. The van der Waals surface area contributed by atoms with Gasteiger partial charge in [-0.3, -0.25) is 0 Å². The van der Waals surface area contributed by atoms with Crippen LogP contribution in [-0.4, -0.2) is 36.3 Å². The van der Waals surface area contributed by atoms with E-state index in [9.17, 15) is 0 Å². The summed E-state index contributed by atoms with van der Waals surface area (Å²) in [5, 5.41) is 1.44. The van der Waals surface area contributed by atoms with Crippen LogP contribution in [0.4, 0.5) is 5.82 Å². The number of benzene rings is 1. The van der Waals surface area contributed by atoms with E-state index in [2.05, 4.69) is 59.9 Å². The number of rotatable bonds is 4. The average Bonchev–Trinajstić information content (AvgIpc) is 3.06. The van der Waals surface area contributed by atoms with E-state index < -0.39 is 0 Å². The third kappa shape index (κ3) is 3.56. The molecule has 142 valence electrons. The number of hydrogen-bond acceptors (Lipinski definition) is 5. The Morgan fingerprint density at radius 2 is 1.85 bits per heavy atom. The molecule has 3 heterocycles. The summed E-state index contributed by atoms with van der Waals surface area (Å²) in [5.74, 6) is 1.46. The van der Waals surface area contributed by atoms with Gasteiger partial charge in [-0.1, -0.05) is 45.0 Å². The molecule has 1 saturated heterocycles. The van der Waals surface area contributed by atoms with Gasteiger partial charge in [0.25, 0.3) is 0 Å². The van der Waals surface area contributed by atoms with Crippen molar-refractivity contribution in [1.29, 1.82) is 0 Å². The van der Waals surface area contributed by atoms with Crippen LogP contribution in [0.15, 0.2) is 24.3 Å². The summed E-state index contributed by atoms with van der Waals surface area (Å²) >= 11 is 8.00. The largest absolute Gasteiger partial charge is 0.378 e. The SMILES string of the molecule is CCc1sc2nc(Cl)nc(N3CCOCC3)c2c1-c1ccc(C(C)C)cc1. The van der Waals surface area contributed by atoms with E-state index in [-0.39, 0.29) is 0 Å². The van der Waals surface area contributed by atoms with Gasteiger partial charge in [-0.2, -0.15) is 4.98 Å². The van der Waals surface area contributed by atoms with Crippen molar-refractivity contribution in [2.75, 3.05) is 31.2 Å². The molecule has 4 nitrogen and oxygen atoms in total. The number of anilines is 1. The zero-order valence-corrected chi connectivity index (χ0v) is 17.5. The van der Waals surface area contributed by atoms with Gasteiger partial charge in [0, 0.05) is 23.5 Å². The molecule has 4 rings (SSSR count). The third-order valence-electron chi connectivity index (χ3n) is 5.08. The zero-order valence-electron chi connectivity index (χ0n) is 16.0. The number of thiophene rings is 1. The lowest BCUT2D eigenvalue weighted by Crippen LogP contribution is -2.37. The van der Waals surface area contributed by atoms with Crippen LogP contribution in [0.25, 0.3) is 21.3 Å². The van der Waals surface area contributed by atoms with Crippen molar-refractivity contribution in [3.8, 4) is 11.1 Å². The molecule has 0 bridgehead atoms. The fourth-order valence-electron chi connectivity index (χ4n) is 3.60. The molecule has 1 aromatic carbocycles. The van der Waals surface area contributed by atoms with Gasteiger partial charge in [0.15, 0.2) is 0 Å². The van der Waals surface area contributed by atoms with Crippen molar-refractivity contribution < 1.29 is 4.74 Å². The molecule has 0 aliphatic carbocycles. The lowest BCUT2D eigenvalue weighted by Gasteiger charge is -2.28. The van der Waals surface area contributed by atoms with Crippen molar-refractivity contribution in [1.82, 2.24) is 9.97 Å². The molecule has 6 heteroatoms. The molecule has 3 aromatic rings. The summed E-state index contributed by atoms with van der Waals surface area (Å²) in [7, 11) is 0. The molecule has 1 fully saturated rings. The predicted molar refractivity (Wildman–Crippen MR) is 114 cm³/mol. The van der Waals surface area contributed by atoms with Gasteiger partial charge < -0.3 is 9.64 Å². The molecule has 1 aliphatic heterocycles. The summed E-state index contributed by atoms with van der Waals surface area (Å²) < 4.78 is 5.52. The van der Waals surface area contributed by atoms with Crippen molar-refractivity contribution in [3.63, 3.8) is 0 Å². The second-order valence-electron chi connectivity index (χ2n) is 7.13. The summed E-state index contributed by atoms with van der Waals surface area (Å²) in [6.07, 6.45) is 0.961. The molecule has 0 radical (unpaired) electrons. The first-order valence-corrected chi connectivity index (χ1v) is 10.7. The fraction of sp³-hybridized carbons (Fsp3) is 0.429. The fourth-order valence-corrected chi connectivity index (χ4v) is 4.94. The number of aryl methyl sites for hydroxylation is 1. The van der Waals surface area contributed by atoms with E-state index in [1.807, 2.05) is 0 Å². The Morgan fingerprint density at radius 1 is 1.15 bits per heavy atom. The number of hydrogen-bond donors (Lipinski definition) is 0. The molecule has 0 N–H and O–H groups in total. The number of ether oxygens (including phenoxy) is 1. The smallest absolute Gasteiger partial charge is 0.225 e. The molecule has 0 saturated carbocycles. The van der Waals surface area contributed by atoms with Crippen LogP contribution in [0.5, 0.6) is 0 Å². The van der Waals surface area contributed by atoms with Crippen molar-refractivity contribution in [2.45, 2.75) is 33.1 Å². The van der Waals surface area contributed by atoms with Crippen LogP contribution in [0.3, 0.4) is 0 Å². The lowest BCUT2D eigenvalue weighted by molar-refractivity contribution is 0.122. The molecule has 0 amide bonds. The monoisotopic (exact) mass is 401 g/mol. The number of nitrogens with zero attached hydrogens (tertiary/aromatic N) is 3. The highest BCUT2D eigenvalue weighted by Gasteiger charge is 2.23. The average molecular weight is 402 g/mol. The Balaban J connectivity index is 1.92. The summed E-state index contributed by atoms with van der Waals surface area (Å²) in [4.78, 5) is 13.8. The van der Waals surface area contributed by atoms with Gasteiger partial charge >= 0.3 is 0 Å². The van der Waals surface area contributed by atoms with E-state index in [0.717, 1.165) is 35.5 Å². The van der Waals surface area contributed by atoms with Crippen molar-refractivity contribution in [3.05, 3.63) is 40.0 Å². The highest BCUT2D eigenvalue weighted by molar-refractivity contribution is 7.19. The molecular formula is C21H24ClN3OS. The quantitative estimate of drug-likeness (QED) is 0.538. The normalized spacial score (nSPS) is 15.1. The van der Waals surface area contributed by atoms with Crippen LogP contribution in [-0.2, 0) is 11.2 Å². The van der Waals surface area contributed by atoms with Gasteiger partial charge in [-0.05, 0) is 35.1 Å². The van der Waals surface area contributed by atoms with Crippen LogP contribution in [0.2, 0.25) is 5.28 Å². The summed E-state index contributed by atoms with van der Waals surface area (Å²) in [5.41, 5.74) is 3.83. The summed E-state index contributed by atoms with van der Waals surface area (Å²) in [6.45, 7) is 9.72. The molecule has 1 aliphatic rings. The topological polar surface area (TPSA) is 38.2 Å². The minimum absolute atomic E-state index is 0.314. The van der Waals surface area contributed by atoms with Crippen molar-refractivity contribution >= 4 is 39.0 Å². The first-order valence-electron chi connectivity index (χ1n) is 9.50. The minimum atomic E-state index is 0.314. The molecule has 0 unspecified atom stereocenters. The van der Waals surface area contributed by atoms with E-state index >= 15 is 0 Å². The molecular weight excluding hydrogens is 378 g/mol. The van der Waals surface area contributed by atoms with Gasteiger partial charge in [0.1, 0.15) is 10.6 Å². The third-order valence-corrected chi connectivity index (χ3v) is 6.47. The first-order chi connectivity index (χ1) is 13.1. The van der Waals surface area contributed by atoms with E-state index in [0.29, 0.717) is 24.4 Å². The van der Waals surface area contributed by atoms with Crippen LogP contribution >= 0.6 is 22.9 Å². The number of halogens is 1. The van der Waals surface area contributed by atoms with E-state index in [1.54, 1.807) is 11.3 Å². The van der Waals surface area contributed by atoms with E-state index in [1.165, 1.54) is 21.6 Å². The predicted octanol–water partition coefficient (Wildman–Crippen LogP) is 5.53. The van der Waals surface area contributed by atoms with Crippen LogP contribution in [0, 0.1) is 0 Å². The first kappa shape index (κ1) is 18.7. The maximum absolute atomic E-state index is 6.28.